The van der Waals surface area contributed by atoms with E-state index in [1.165, 1.54) is 11.1 Å². The molecule has 108 valence electrons. The van der Waals surface area contributed by atoms with Gasteiger partial charge in [-0.3, -0.25) is 9.59 Å². The van der Waals surface area contributed by atoms with Gasteiger partial charge in [0.25, 0.3) is 5.91 Å². The Morgan fingerprint density at radius 1 is 1.55 bits per heavy atom. The number of halogens is 1. The van der Waals surface area contributed by atoms with Crippen molar-refractivity contribution in [2.45, 2.75) is 25.6 Å². The first-order valence-corrected chi connectivity index (χ1v) is 6.47. The van der Waals surface area contributed by atoms with E-state index >= 15 is 0 Å². The number of hydrogen-bond donors (Lipinski definition) is 2. The van der Waals surface area contributed by atoms with Crippen molar-refractivity contribution in [1.29, 1.82) is 0 Å². The lowest BCUT2D eigenvalue weighted by molar-refractivity contribution is -0.119. The van der Waals surface area contributed by atoms with Crippen molar-refractivity contribution in [1.82, 2.24) is 10.3 Å². The topological polar surface area (TPSA) is 88.3 Å². The summed E-state index contributed by atoms with van der Waals surface area (Å²) in [5.41, 5.74) is 5.68. The molecule has 0 radical (unpaired) electrons. The molecule has 1 fully saturated rings. The Morgan fingerprint density at radius 2 is 2.30 bits per heavy atom. The second-order valence-electron chi connectivity index (χ2n) is 4.67. The lowest BCUT2D eigenvalue weighted by atomic mass is 10.2. The first-order valence-electron chi connectivity index (χ1n) is 6.47. The maximum Gasteiger partial charge on any atom is 0.252 e. The zero-order valence-electron chi connectivity index (χ0n) is 11.2. The van der Waals surface area contributed by atoms with Crippen LogP contribution < -0.4 is 16.0 Å². The zero-order valence-corrected chi connectivity index (χ0v) is 11.2. The zero-order chi connectivity index (χ0) is 14.7. The molecule has 20 heavy (non-hydrogen) atoms. The molecule has 3 N–H and O–H groups in total. The largest absolute Gasteiger partial charge is 0.368 e. The number of alkyl halides is 1. The molecule has 1 aliphatic heterocycles. The Balaban J connectivity index is 2.17. The van der Waals surface area contributed by atoms with Crippen LogP contribution in [0.2, 0.25) is 0 Å². The number of nitrogens with zero attached hydrogens (tertiary/aromatic N) is 2. The Morgan fingerprint density at radius 3 is 2.85 bits per heavy atom. The average Bonchev–Trinajstić information content (AvgIpc) is 2.81. The molecule has 7 heteroatoms. The van der Waals surface area contributed by atoms with Crippen LogP contribution in [0.1, 0.15) is 23.7 Å². The summed E-state index contributed by atoms with van der Waals surface area (Å²) in [5.74, 6) is -0.343. The van der Waals surface area contributed by atoms with Crippen molar-refractivity contribution in [2.75, 3.05) is 18.0 Å². The number of carbonyl (C=O) groups excluding carboxylic acids is 2. The Labute approximate surface area is 116 Å². The Bertz CT molecular complexity index is 506. The van der Waals surface area contributed by atoms with E-state index in [2.05, 4.69) is 10.3 Å². The number of hydrogen-bond acceptors (Lipinski definition) is 4. The van der Waals surface area contributed by atoms with Crippen molar-refractivity contribution in [3.8, 4) is 0 Å². The van der Waals surface area contributed by atoms with Crippen LogP contribution in [0.3, 0.4) is 0 Å². The van der Waals surface area contributed by atoms with Crippen LogP contribution in [0.4, 0.5) is 10.2 Å². The van der Waals surface area contributed by atoms with Crippen molar-refractivity contribution in [3.05, 3.63) is 23.9 Å². The van der Waals surface area contributed by atoms with E-state index in [-0.39, 0.29) is 18.9 Å². The maximum atomic E-state index is 13.4. The minimum absolute atomic E-state index is 0.0785. The molecule has 0 saturated carbocycles. The second-order valence-corrected chi connectivity index (χ2v) is 4.67. The molecular formula is C13H17FN4O2. The molecule has 2 amide bonds. The van der Waals surface area contributed by atoms with Crippen molar-refractivity contribution in [2.24, 2.45) is 5.73 Å². The summed E-state index contributed by atoms with van der Waals surface area (Å²) in [4.78, 5) is 28.6. The van der Waals surface area contributed by atoms with Gasteiger partial charge in [0.05, 0.1) is 12.1 Å². The Hall–Kier alpha value is -2.18. The van der Waals surface area contributed by atoms with Crippen LogP contribution in [-0.2, 0) is 4.79 Å². The van der Waals surface area contributed by atoms with E-state index in [4.69, 9.17) is 5.73 Å². The number of nitrogens with one attached hydrogen (secondary N) is 1. The SMILES string of the molecule is CCNC(=O)c1ccc(N2C[C@H](F)C[C@H]2C(N)=O)nc1. The highest BCUT2D eigenvalue weighted by Gasteiger charge is 2.36. The van der Waals surface area contributed by atoms with Crippen LogP contribution in [0.5, 0.6) is 0 Å². The number of pyridine rings is 1. The molecule has 0 aliphatic carbocycles. The number of carbonyl (C=O) groups is 2. The van der Waals surface area contributed by atoms with Crippen LogP contribution in [-0.4, -0.2) is 42.1 Å². The lowest BCUT2D eigenvalue weighted by Crippen LogP contribution is -2.40. The fourth-order valence-corrected chi connectivity index (χ4v) is 2.26. The highest BCUT2D eigenvalue weighted by molar-refractivity contribution is 5.94. The van der Waals surface area contributed by atoms with Gasteiger partial charge in [-0.05, 0) is 19.1 Å². The molecule has 1 aromatic heterocycles. The van der Waals surface area contributed by atoms with Gasteiger partial charge in [0.15, 0.2) is 0 Å². The van der Waals surface area contributed by atoms with E-state index in [0.717, 1.165) is 0 Å². The predicted molar refractivity (Wildman–Crippen MR) is 72.1 cm³/mol. The van der Waals surface area contributed by atoms with Gasteiger partial charge in [-0.15, -0.1) is 0 Å². The molecule has 0 bridgehead atoms. The molecule has 0 aromatic carbocycles. The van der Waals surface area contributed by atoms with Gasteiger partial charge >= 0.3 is 0 Å². The number of rotatable bonds is 4. The average molecular weight is 280 g/mol. The summed E-state index contributed by atoms with van der Waals surface area (Å²) in [6.45, 7) is 2.43. The summed E-state index contributed by atoms with van der Waals surface area (Å²) in [5, 5.41) is 2.66. The molecule has 2 heterocycles. The normalized spacial score (nSPS) is 21.8. The molecule has 1 aromatic rings. The number of amides is 2. The molecule has 0 spiro atoms. The number of primary amides is 1. The molecule has 1 saturated heterocycles. The number of nitrogens with two attached hydrogens (primary N) is 1. The fourth-order valence-electron chi connectivity index (χ4n) is 2.26. The van der Waals surface area contributed by atoms with Crippen molar-refractivity contribution >= 4 is 17.6 Å². The van der Waals surface area contributed by atoms with Gasteiger partial charge in [0.2, 0.25) is 5.91 Å². The van der Waals surface area contributed by atoms with Gasteiger partial charge in [0, 0.05) is 19.2 Å². The highest BCUT2D eigenvalue weighted by Crippen LogP contribution is 2.25. The Kier molecular flexibility index (Phi) is 4.16. The van der Waals surface area contributed by atoms with Crippen LogP contribution in [0.25, 0.3) is 0 Å². The van der Waals surface area contributed by atoms with E-state index in [9.17, 15) is 14.0 Å². The highest BCUT2D eigenvalue weighted by atomic mass is 19.1. The molecule has 2 atom stereocenters. The molecule has 6 nitrogen and oxygen atoms in total. The van der Waals surface area contributed by atoms with Gasteiger partial charge in [-0.25, -0.2) is 9.37 Å². The molecule has 0 unspecified atom stereocenters. The van der Waals surface area contributed by atoms with E-state index in [1.54, 1.807) is 12.1 Å². The fraction of sp³-hybridized carbons (Fsp3) is 0.462. The van der Waals surface area contributed by atoms with Gasteiger partial charge in [0.1, 0.15) is 18.0 Å². The summed E-state index contributed by atoms with van der Waals surface area (Å²) >= 11 is 0. The minimum Gasteiger partial charge on any atom is -0.368 e. The van der Waals surface area contributed by atoms with E-state index < -0.39 is 18.1 Å². The quantitative estimate of drug-likeness (QED) is 0.826. The first kappa shape index (κ1) is 14.2. The summed E-state index contributed by atoms with van der Waals surface area (Å²) in [6, 6.07) is 2.50. The van der Waals surface area contributed by atoms with Crippen LogP contribution >= 0.6 is 0 Å². The third-order valence-corrected chi connectivity index (χ3v) is 3.22. The third kappa shape index (κ3) is 2.87. The van der Waals surface area contributed by atoms with Crippen molar-refractivity contribution < 1.29 is 14.0 Å². The summed E-state index contributed by atoms with van der Waals surface area (Å²) < 4.78 is 13.4. The first-order chi connectivity index (χ1) is 9.52. The van der Waals surface area contributed by atoms with Crippen molar-refractivity contribution in [3.63, 3.8) is 0 Å². The molecule has 1 aliphatic rings. The summed E-state index contributed by atoms with van der Waals surface area (Å²) in [6.07, 6.45) is 0.385. The van der Waals surface area contributed by atoms with Crippen LogP contribution in [0.15, 0.2) is 18.3 Å². The molecule has 2 rings (SSSR count). The lowest BCUT2D eigenvalue weighted by Gasteiger charge is -2.22. The smallest absolute Gasteiger partial charge is 0.252 e. The second kappa shape index (κ2) is 5.85. The van der Waals surface area contributed by atoms with Crippen LogP contribution in [0, 0.1) is 0 Å². The van der Waals surface area contributed by atoms with E-state index in [0.29, 0.717) is 17.9 Å². The molecular weight excluding hydrogens is 263 g/mol. The predicted octanol–water partition coefficient (Wildman–Crippen LogP) is 0.233. The monoisotopic (exact) mass is 280 g/mol. The maximum absolute atomic E-state index is 13.4. The number of aromatic nitrogens is 1. The van der Waals surface area contributed by atoms with E-state index in [1.807, 2.05) is 6.92 Å². The third-order valence-electron chi connectivity index (χ3n) is 3.22. The number of anilines is 1. The standard InChI is InChI=1S/C13H17FN4O2/c1-2-16-13(20)8-3-4-11(17-6-8)18-7-9(14)5-10(18)12(15)19/h3-4,6,9-10H,2,5,7H2,1H3,(H2,15,19)(H,16,20)/t9-,10+/m1/s1. The van der Waals surface area contributed by atoms with Gasteiger partial charge < -0.3 is 16.0 Å². The van der Waals surface area contributed by atoms with Gasteiger partial charge in [-0.1, -0.05) is 0 Å². The summed E-state index contributed by atoms with van der Waals surface area (Å²) in [7, 11) is 0. The minimum atomic E-state index is -1.10. The van der Waals surface area contributed by atoms with Gasteiger partial charge in [-0.2, -0.15) is 0 Å².